The molecule has 164 valence electrons. The molecule has 1 atom stereocenters. The number of halogens is 1. The van der Waals surface area contributed by atoms with Crippen molar-refractivity contribution in [3.8, 4) is 11.5 Å². The van der Waals surface area contributed by atoms with E-state index < -0.39 is 17.8 Å². The number of benzene rings is 3. The molecule has 0 spiro atoms. The van der Waals surface area contributed by atoms with Crippen LogP contribution in [0.5, 0.6) is 11.5 Å². The Bertz CT molecular complexity index is 1160. The van der Waals surface area contributed by atoms with Crippen LogP contribution in [0.3, 0.4) is 0 Å². The summed E-state index contributed by atoms with van der Waals surface area (Å²) in [4.78, 5) is 26.7. The van der Waals surface area contributed by atoms with Crippen LogP contribution in [-0.2, 0) is 4.79 Å². The lowest BCUT2D eigenvalue weighted by Crippen LogP contribution is -2.46. The summed E-state index contributed by atoms with van der Waals surface area (Å²) in [5, 5.41) is 2.73. The van der Waals surface area contributed by atoms with Crippen LogP contribution in [0.1, 0.15) is 22.8 Å². The minimum absolute atomic E-state index is 0.165. The standard InChI is InChI=1S/C25H23FN2O4/c1-16-5-3-8-21(13-16)31-12-11-28-22-10-9-20(15-23(22)32-17(2)25(28)30)27-24(29)18-6-4-7-19(26)14-18/h3-10,13-15,17H,11-12H2,1-2H3,(H,27,29). The fraction of sp³-hybridized carbons (Fsp3) is 0.200. The summed E-state index contributed by atoms with van der Waals surface area (Å²) in [5.74, 6) is 0.135. The van der Waals surface area contributed by atoms with E-state index >= 15 is 0 Å². The van der Waals surface area contributed by atoms with E-state index in [0.717, 1.165) is 11.3 Å². The van der Waals surface area contributed by atoms with Gasteiger partial charge in [0, 0.05) is 17.3 Å². The minimum Gasteiger partial charge on any atom is -0.492 e. The van der Waals surface area contributed by atoms with Crippen molar-refractivity contribution in [1.29, 1.82) is 0 Å². The van der Waals surface area contributed by atoms with Crippen molar-refractivity contribution >= 4 is 23.2 Å². The molecule has 1 aliphatic heterocycles. The smallest absolute Gasteiger partial charge is 0.267 e. The Labute approximate surface area is 185 Å². The van der Waals surface area contributed by atoms with Crippen LogP contribution >= 0.6 is 0 Å². The Morgan fingerprint density at radius 1 is 1.12 bits per heavy atom. The van der Waals surface area contributed by atoms with Gasteiger partial charge in [0.1, 0.15) is 23.9 Å². The second-order valence-corrected chi connectivity index (χ2v) is 7.56. The van der Waals surface area contributed by atoms with E-state index in [4.69, 9.17) is 9.47 Å². The number of aryl methyl sites for hydroxylation is 1. The zero-order chi connectivity index (χ0) is 22.7. The maximum Gasteiger partial charge on any atom is 0.267 e. The van der Waals surface area contributed by atoms with Crippen molar-refractivity contribution in [1.82, 2.24) is 0 Å². The molecule has 1 N–H and O–H groups in total. The predicted octanol–water partition coefficient (Wildman–Crippen LogP) is 4.58. The first-order valence-corrected chi connectivity index (χ1v) is 10.3. The Morgan fingerprint density at radius 3 is 2.72 bits per heavy atom. The highest BCUT2D eigenvalue weighted by atomic mass is 19.1. The van der Waals surface area contributed by atoms with Gasteiger partial charge in [-0.05, 0) is 61.9 Å². The number of hydrogen-bond donors (Lipinski definition) is 1. The second-order valence-electron chi connectivity index (χ2n) is 7.56. The molecule has 1 aliphatic rings. The van der Waals surface area contributed by atoms with Gasteiger partial charge >= 0.3 is 0 Å². The quantitative estimate of drug-likeness (QED) is 0.617. The number of rotatable bonds is 6. The molecule has 1 unspecified atom stereocenters. The molecule has 0 aromatic heterocycles. The van der Waals surface area contributed by atoms with Crippen LogP contribution in [0.2, 0.25) is 0 Å². The normalized spacial score (nSPS) is 15.0. The second kappa shape index (κ2) is 9.09. The summed E-state index contributed by atoms with van der Waals surface area (Å²) < 4.78 is 25.0. The Hall–Kier alpha value is -3.87. The molecule has 2 amide bonds. The van der Waals surface area contributed by atoms with Gasteiger partial charge in [0.05, 0.1) is 12.2 Å². The fourth-order valence-corrected chi connectivity index (χ4v) is 3.51. The van der Waals surface area contributed by atoms with Crippen molar-refractivity contribution < 1.29 is 23.5 Å². The van der Waals surface area contributed by atoms with E-state index in [0.29, 0.717) is 30.3 Å². The molecule has 3 aromatic carbocycles. The topological polar surface area (TPSA) is 67.9 Å². The van der Waals surface area contributed by atoms with Crippen LogP contribution in [-0.4, -0.2) is 31.1 Å². The van der Waals surface area contributed by atoms with Crippen LogP contribution < -0.4 is 19.7 Å². The molecule has 0 aliphatic carbocycles. The van der Waals surface area contributed by atoms with Gasteiger partial charge in [0.15, 0.2) is 6.10 Å². The van der Waals surface area contributed by atoms with E-state index in [1.54, 1.807) is 30.0 Å². The van der Waals surface area contributed by atoms with Gasteiger partial charge in [0.25, 0.3) is 11.8 Å². The van der Waals surface area contributed by atoms with Gasteiger partial charge < -0.3 is 19.7 Å². The summed E-state index contributed by atoms with van der Waals surface area (Å²) in [6.45, 7) is 4.33. The van der Waals surface area contributed by atoms with Crippen molar-refractivity contribution in [2.75, 3.05) is 23.4 Å². The molecule has 0 saturated heterocycles. The van der Waals surface area contributed by atoms with E-state index in [9.17, 15) is 14.0 Å². The molecular formula is C25H23FN2O4. The van der Waals surface area contributed by atoms with Gasteiger partial charge in [-0.2, -0.15) is 0 Å². The molecule has 0 bridgehead atoms. The molecule has 3 aromatic rings. The molecule has 0 saturated carbocycles. The van der Waals surface area contributed by atoms with Crippen LogP contribution in [0.25, 0.3) is 0 Å². The Morgan fingerprint density at radius 2 is 1.94 bits per heavy atom. The molecule has 1 heterocycles. The monoisotopic (exact) mass is 434 g/mol. The highest BCUT2D eigenvalue weighted by molar-refractivity contribution is 6.05. The summed E-state index contributed by atoms with van der Waals surface area (Å²) in [6, 6.07) is 18.2. The first-order chi connectivity index (χ1) is 15.4. The number of hydrogen-bond acceptors (Lipinski definition) is 4. The lowest BCUT2D eigenvalue weighted by Gasteiger charge is -2.33. The Balaban J connectivity index is 1.48. The van der Waals surface area contributed by atoms with Crippen molar-refractivity contribution in [3.05, 3.63) is 83.7 Å². The zero-order valence-electron chi connectivity index (χ0n) is 17.8. The highest BCUT2D eigenvalue weighted by Crippen LogP contribution is 2.36. The molecule has 4 rings (SSSR count). The highest BCUT2D eigenvalue weighted by Gasteiger charge is 2.31. The third kappa shape index (κ3) is 4.72. The molecule has 6 nitrogen and oxygen atoms in total. The largest absolute Gasteiger partial charge is 0.492 e. The number of nitrogens with one attached hydrogen (secondary N) is 1. The third-order valence-electron chi connectivity index (χ3n) is 5.09. The zero-order valence-corrected chi connectivity index (χ0v) is 17.8. The average molecular weight is 434 g/mol. The fourth-order valence-electron chi connectivity index (χ4n) is 3.51. The van der Waals surface area contributed by atoms with Crippen LogP contribution in [0, 0.1) is 12.7 Å². The van der Waals surface area contributed by atoms with E-state index in [1.807, 2.05) is 31.2 Å². The van der Waals surface area contributed by atoms with Gasteiger partial charge in [0.2, 0.25) is 0 Å². The lowest BCUT2D eigenvalue weighted by molar-refractivity contribution is -0.125. The van der Waals surface area contributed by atoms with Gasteiger partial charge in [-0.1, -0.05) is 18.2 Å². The molecular weight excluding hydrogens is 411 g/mol. The van der Waals surface area contributed by atoms with Gasteiger partial charge in [-0.3, -0.25) is 9.59 Å². The summed E-state index contributed by atoms with van der Waals surface area (Å²) in [7, 11) is 0. The first kappa shape index (κ1) is 21.4. The minimum atomic E-state index is -0.671. The number of ether oxygens (including phenoxy) is 2. The van der Waals surface area contributed by atoms with E-state index in [2.05, 4.69) is 5.32 Å². The van der Waals surface area contributed by atoms with Crippen molar-refractivity contribution in [3.63, 3.8) is 0 Å². The number of carbonyl (C=O) groups is 2. The number of amides is 2. The Kier molecular flexibility index (Phi) is 6.07. The SMILES string of the molecule is Cc1cccc(OCCN2C(=O)C(C)Oc3cc(NC(=O)c4cccc(F)c4)ccc32)c1. The van der Waals surface area contributed by atoms with Crippen molar-refractivity contribution in [2.24, 2.45) is 0 Å². The van der Waals surface area contributed by atoms with Crippen molar-refractivity contribution in [2.45, 2.75) is 20.0 Å². The number of fused-ring (bicyclic) bond motifs is 1. The number of nitrogens with zero attached hydrogens (tertiary/aromatic N) is 1. The maximum absolute atomic E-state index is 13.4. The summed E-state index contributed by atoms with van der Waals surface area (Å²) in [5.41, 5.74) is 2.39. The van der Waals surface area contributed by atoms with Gasteiger partial charge in [-0.15, -0.1) is 0 Å². The average Bonchev–Trinajstić information content (AvgIpc) is 2.76. The lowest BCUT2D eigenvalue weighted by atomic mass is 10.1. The number of anilines is 2. The van der Waals surface area contributed by atoms with E-state index in [1.165, 1.54) is 24.3 Å². The molecule has 0 fully saturated rings. The third-order valence-corrected chi connectivity index (χ3v) is 5.09. The maximum atomic E-state index is 13.4. The van der Waals surface area contributed by atoms with Gasteiger partial charge in [-0.25, -0.2) is 4.39 Å². The summed E-state index contributed by atoms with van der Waals surface area (Å²) in [6.07, 6.45) is -0.671. The summed E-state index contributed by atoms with van der Waals surface area (Å²) >= 11 is 0. The van der Waals surface area contributed by atoms with E-state index in [-0.39, 0.29) is 11.5 Å². The molecule has 7 heteroatoms. The number of carbonyl (C=O) groups excluding carboxylic acids is 2. The van der Waals surface area contributed by atoms with Crippen LogP contribution in [0.4, 0.5) is 15.8 Å². The predicted molar refractivity (Wildman–Crippen MR) is 120 cm³/mol. The first-order valence-electron chi connectivity index (χ1n) is 10.3. The molecule has 0 radical (unpaired) electrons. The van der Waals surface area contributed by atoms with Crippen LogP contribution in [0.15, 0.2) is 66.7 Å². The molecule has 32 heavy (non-hydrogen) atoms.